The Morgan fingerprint density at radius 1 is 1.35 bits per heavy atom. The Labute approximate surface area is 115 Å². The monoisotopic (exact) mass is 290 g/mol. The van der Waals surface area contributed by atoms with E-state index in [0.29, 0.717) is 5.69 Å². The van der Waals surface area contributed by atoms with Crippen molar-refractivity contribution in [2.24, 2.45) is 0 Å². The van der Waals surface area contributed by atoms with Crippen LogP contribution in [0.5, 0.6) is 0 Å². The van der Waals surface area contributed by atoms with Crippen molar-refractivity contribution in [1.29, 1.82) is 0 Å². The van der Waals surface area contributed by atoms with Gasteiger partial charge in [0.15, 0.2) is 0 Å². The van der Waals surface area contributed by atoms with E-state index in [-0.39, 0.29) is 25.6 Å². The van der Waals surface area contributed by atoms with Crippen LogP contribution in [-0.2, 0) is 9.53 Å². The Bertz CT molecular complexity index is 436. The summed E-state index contributed by atoms with van der Waals surface area (Å²) >= 11 is 0. The highest BCUT2D eigenvalue weighted by atomic mass is 19.4. The van der Waals surface area contributed by atoms with Crippen molar-refractivity contribution in [3.8, 4) is 0 Å². The van der Waals surface area contributed by atoms with Crippen LogP contribution in [0.15, 0.2) is 24.3 Å². The summed E-state index contributed by atoms with van der Waals surface area (Å²) in [6.45, 7) is 0.730. The summed E-state index contributed by atoms with van der Waals surface area (Å²) in [5.41, 5.74) is 1.71. The molecule has 0 heterocycles. The van der Waals surface area contributed by atoms with Gasteiger partial charge in [-0.25, -0.2) is 0 Å². The first-order valence-corrected chi connectivity index (χ1v) is 6.08. The van der Waals surface area contributed by atoms with Crippen LogP contribution >= 0.6 is 0 Å². The molecule has 0 bridgehead atoms. The van der Waals surface area contributed by atoms with Gasteiger partial charge in [0.1, 0.15) is 6.61 Å². The standard InChI is InChI=1S/C13H17F3N2O2/c1-10-3-2-4-11(7-10)18-12(19)8-17-5-6-20-9-13(14,15)16/h2-4,7,17H,5-6,8-9H2,1H3,(H,18,19). The Kier molecular flexibility index (Phi) is 6.47. The van der Waals surface area contributed by atoms with Crippen molar-refractivity contribution in [2.45, 2.75) is 13.1 Å². The largest absolute Gasteiger partial charge is 0.411 e. The molecule has 2 N–H and O–H groups in total. The van der Waals surface area contributed by atoms with E-state index in [9.17, 15) is 18.0 Å². The molecule has 0 aliphatic carbocycles. The molecule has 0 fully saturated rings. The van der Waals surface area contributed by atoms with Gasteiger partial charge in [0.05, 0.1) is 13.2 Å². The van der Waals surface area contributed by atoms with E-state index in [1.54, 1.807) is 6.07 Å². The van der Waals surface area contributed by atoms with Gasteiger partial charge >= 0.3 is 6.18 Å². The van der Waals surface area contributed by atoms with Crippen LogP contribution in [-0.4, -0.2) is 38.4 Å². The first kappa shape index (κ1) is 16.5. The molecule has 0 radical (unpaired) electrons. The third kappa shape index (κ3) is 7.75. The van der Waals surface area contributed by atoms with Crippen molar-refractivity contribution in [3.63, 3.8) is 0 Å². The highest BCUT2D eigenvalue weighted by Crippen LogP contribution is 2.13. The smallest absolute Gasteiger partial charge is 0.371 e. The third-order valence-corrected chi connectivity index (χ3v) is 2.28. The van der Waals surface area contributed by atoms with Crippen molar-refractivity contribution in [2.75, 3.05) is 31.6 Å². The fourth-order valence-corrected chi connectivity index (χ4v) is 1.46. The van der Waals surface area contributed by atoms with Gasteiger partial charge in [0.25, 0.3) is 0 Å². The van der Waals surface area contributed by atoms with E-state index in [0.717, 1.165) is 5.56 Å². The predicted molar refractivity (Wildman–Crippen MR) is 69.6 cm³/mol. The molecule has 1 aromatic carbocycles. The van der Waals surface area contributed by atoms with E-state index in [4.69, 9.17) is 0 Å². The second-order valence-electron chi connectivity index (χ2n) is 4.26. The molecule has 1 amide bonds. The molecule has 7 heteroatoms. The number of ether oxygens (including phenoxy) is 1. The van der Waals surface area contributed by atoms with Crippen LogP contribution in [0.4, 0.5) is 18.9 Å². The molecule has 112 valence electrons. The molecule has 0 aliphatic rings. The van der Waals surface area contributed by atoms with Gasteiger partial charge in [-0.05, 0) is 24.6 Å². The normalized spacial score (nSPS) is 11.4. The molecule has 0 aliphatic heterocycles. The van der Waals surface area contributed by atoms with E-state index >= 15 is 0 Å². The lowest BCUT2D eigenvalue weighted by molar-refractivity contribution is -0.173. The average molecular weight is 290 g/mol. The highest BCUT2D eigenvalue weighted by molar-refractivity contribution is 5.92. The molecule has 0 saturated carbocycles. The predicted octanol–water partition coefficient (Wildman–Crippen LogP) is 2.10. The lowest BCUT2D eigenvalue weighted by atomic mass is 10.2. The van der Waals surface area contributed by atoms with Gasteiger partial charge < -0.3 is 15.4 Å². The van der Waals surface area contributed by atoms with Crippen LogP contribution in [0.25, 0.3) is 0 Å². The molecule has 4 nitrogen and oxygen atoms in total. The van der Waals surface area contributed by atoms with Crippen LogP contribution in [0.2, 0.25) is 0 Å². The number of hydrogen-bond donors (Lipinski definition) is 2. The second kappa shape index (κ2) is 7.86. The zero-order valence-electron chi connectivity index (χ0n) is 11.1. The number of rotatable bonds is 7. The quantitative estimate of drug-likeness (QED) is 0.756. The lowest BCUT2D eigenvalue weighted by Crippen LogP contribution is -2.31. The second-order valence-corrected chi connectivity index (χ2v) is 4.26. The third-order valence-electron chi connectivity index (χ3n) is 2.28. The van der Waals surface area contributed by atoms with Gasteiger partial charge in [0.2, 0.25) is 5.91 Å². The van der Waals surface area contributed by atoms with Crippen molar-refractivity contribution in [1.82, 2.24) is 5.32 Å². The van der Waals surface area contributed by atoms with Crippen LogP contribution in [0, 0.1) is 6.92 Å². The molecule has 1 rings (SSSR count). The summed E-state index contributed by atoms with van der Waals surface area (Å²) in [4.78, 5) is 11.5. The summed E-state index contributed by atoms with van der Waals surface area (Å²) in [6, 6.07) is 7.32. The number of amides is 1. The Balaban J connectivity index is 2.12. The fraction of sp³-hybridized carbons (Fsp3) is 0.462. The van der Waals surface area contributed by atoms with Gasteiger partial charge in [-0.1, -0.05) is 12.1 Å². The number of alkyl halides is 3. The summed E-state index contributed by atoms with van der Waals surface area (Å²) < 4.78 is 39.7. The van der Waals surface area contributed by atoms with Crippen LogP contribution in [0.3, 0.4) is 0 Å². The average Bonchev–Trinajstić information content (AvgIpc) is 2.32. The Morgan fingerprint density at radius 2 is 2.10 bits per heavy atom. The fourth-order valence-electron chi connectivity index (χ4n) is 1.46. The van der Waals surface area contributed by atoms with E-state index in [1.165, 1.54) is 0 Å². The number of aryl methyl sites for hydroxylation is 1. The van der Waals surface area contributed by atoms with E-state index < -0.39 is 12.8 Å². The van der Waals surface area contributed by atoms with Crippen molar-refractivity contribution >= 4 is 11.6 Å². The number of carbonyl (C=O) groups is 1. The number of halogens is 3. The van der Waals surface area contributed by atoms with Gasteiger partial charge in [-0.15, -0.1) is 0 Å². The maximum absolute atomic E-state index is 11.8. The minimum absolute atomic E-state index is 0.0172. The zero-order chi connectivity index (χ0) is 15.0. The molecule has 0 saturated heterocycles. The maximum Gasteiger partial charge on any atom is 0.411 e. The van der Waals surface area contributed by atoms with Crippen molar-refractivity contribution < 1.29 is 22.7 Å². The Hall–Kier alpha value is -1.60. The number of carbonyl (C=O) groups excluding carboxylic acids is 1. The summed E-state index contributed by atoms with van der Waals surface area (Å²) in [7, 11) is 0. The summed E-state index contributed by atoms with van der Waals surface area (Å²) in [5.74, 6) is -0.258. The topological polar surface area (TPSA) is 50.4 Å². The van der Waals surface area contributed by atoms with Gasteiger partial charge in [-0.2, -0.15) is 13.2 Å². The molecule has 0 atom stereocenters. The number of nitrogens with one attached hydrogen (secondary N) is 2. The van der Waals surface area contributed by atoms with E-state index in [1.807, 2.05) is 25.1 Å². The molecule has 1 aromatic rings. The van der Waals surface area contributed by atoms with E-state index in [2.05, 4.69) is 15.4 Å². The van der Waals surface area contributed by atoms with Crippen LogP contribution < -0.4 is 10.6 Å². The highest BCUT2D eigenvalue weighted by Gasteiger charge is 2.27. The Morgan fingerprint density at radius 3 is 2.75 bits per heavy atom. The first-order chi connectivity index (χ1) is 9.37. The molecular weight excluding hydrogens is 273 g/mol. The lowest BCUT2D eigenvalue weighted by Gasteiger charge is -2.09. The molecular formula is C13H17F3N2O2. The number of benzene rings is 1. The molecule has 20 heavy (non-hydrogen) atoms. The minimum Gasteiger partial charge on any atom is -0.371 e. The van der Waals surface area contributed by atoms with Gasteiger partial charge in [-0.3, -0.25) is 4.79 Å². The zero-order valence-corrected chi connectivity index (χ0v) is 11.1. The number of hydrogen-bond acceptors (Lipinski definition) is 3. The molecule has 0 aromatic heterocycles. The molecule has 0 unspecified atom stereocenters. The maximum atomic E-state index is 11.8. The summed E-state index contributed by atoms with van der Waals surface area (Å²) in [5, 5.41) is 5.38. The summed E-state index contributed by atoms with van der Waals surface area (Å²) in [6.07, 6.45) is -4.32. The van der Waals surface area contributed by atoms with Crippen LogP contribution in [0.1, 0.15) is 5.56 Å². The molecule has 0 spiro atoms. The first-order valence-electron chi connectivity index (χ1n) is 6.08. The van der Waals surface area contributed by atoms with Crippen molar-refractivity contribution in [3.05, 3.63) is 29.8 Å². The minimum atomic E-state index is -4.32. The SMILES string of the molecule is Cc1cccc(NC(=O)CNCCOCC(F)(F)F)c1. The number of anilines is 1. The van der Waals surface area contributed by atoms with Gasteiger partial charge in [0, 0.05) is 12.2 Å².